The van der Waals surface area contributed by atoms with Crippen LogP contribution in [0.3, 0.4) is 0 Å². The van der Waals surface area contributed by atoms with Gasteiger partial charge in [-0.15, -0.1) is 0 Å². The number of aromatic nitrogens is 1. The van der Waals surface area contributed by atoms with E-state index in [0.717, 1.165) is 22.3 Å². The number of fused-ring (bicyclic) bond motifs is 1. The van der Waals surface area contributed by atoms with Gasteiger partial charge >= 0.3 is 0 Å². The summed E-state index contributed by atoms with van der Waals surface area (Å²) in [4.78, 5) is 6.48. The van der Waals surface area contributed by atoms with Gasteiger partial charge in [-0.2, -0.15) is 0 Å². The monoisotopic (exact) mass is 250 g/mol. The van der Waals surface area contributed by atoms with Crippen LogP contribution in [0.2, 0.25) is 5.02 Å². The molecule has 0 saturated carbocycles. The number of pyridine rings is 1. The molecule has 0 bridgehead atoms. The molecule has 1 N–H and O–H groups in total. The molecule has 0 fully saturated rings. The predicted octanol–water partition coefficient (Wildman–Crippen LogP) is 2.63. The van der Waals surface area contributed by atoms with Crippen LogP contribution in [0.5, 0.6) is 0 Å². The number of hydrogen-bond acceptors (Lipinski definition) is 3. The van der Waals surface area contributed by atoms with Crippen molar-refractivity contribution < 1.29 is 5.11 Å². The van der Waals surface area contributed by atoms with E-state index in [0.29, 0.717) is 11.6 Å². The van der Waals surface area contributed by atoms with Crippen molar-refractivity contribution in [1.82, 2.24) is 4.98 Å². The minimum absolute atomic E-state index is 0.132. The van der Waals surface area contributed by atoms with Crippen LogP contribution in [-0.4, -0.2) is 30.3 Å². The molecule has 1 heterocycles. The highest BCUT2D eigenvalue weighted by atomic mass is 35.5. The predicted molar refractivity (Wildman–Crippen MR) is 71.8 cm³/mol. The van der Waals surface area contributed by atoms with Crippen molar-refractivity contribution in [2.24, 2.45) is 0 Å². The van der Waals surface area contributed by atoms with Crippen LogP contribution in [0, 0.1) is 6.92 Å². The molecule has 17 heavy (non-hydrogen) atoms. The Hall–Kier alpha value is -1.32. The summed E-state index contributed by atoms with van der Waals surface area (Å²) in [7, 11) is 1.96. The van der Waals surface area contributed by atoms with Gasteiger partial charge in [0.2, 0.25) is 0 Å². The highest BCUT2D eigenvalue weighted by Crippen LogP contribution is 2.27. The Morgan fingerprint density at radius 1 is 1.35 bits per heavy atom. The van der Waals surface area contributed by atoms with E-state index in [9.17, 15) is 0 Å². The Balaban J connectivity index is 2.61. The van der Waals surface area contributed by atoms with Gasteiger partial charge in [0.05, 0.1) is 12.1 Å². The number of aliphatic hydroxyl groups excluding tert-OH is 1. The lowest BCUT2D eigenvalue weighted by atomic mass is 10.1. The molecule has 2 aromatic rings. The molecule has 3 nitrogen and oxygen atoms in total. The third kappa shape index (κ3) is 2.51. The average molecular weight is 251 g/mol. The Bertz CT molecular complexity index is 537. The molecule has 0 atom stereocenters. The lowest BCUT2D eigenvalue weighted by molar-refractivity contribution is 0.304. The molecular weight excluding hydrogens is 236 g/mol. The van der Waals surface area contributed by atoms with Gasteiger partial charge in [0, 0.05) is 35.4 Å². The number of likely N-dealkylation sites (N-methyl/N-ethyl adjacent to an activating group) is 1. The molecule has 0 aliphatic heterocycles. The zero-order chi connectivity index (χ0) is 12.4. The van der Waals surface area contributed by atoms with E-state index in [1.807, 2.05) is 43.1 Å². The van der Waals surface area contributed by atoms with E-state index in [2.05, 4.69) is 4.98 Å². The van der Waals surface area contributed by atoms with Gasteiger partial charge < -0.3 is 10.0 Å². The molecule has 0 radical (unpaired) electrons. The second kappa shape index (κ2) is 4.90. The van der Waals surface area contributed by atoms with E-state index in [1.165, 1.54) is 0 Å². The smallest absolute Gasteiger partial charge is 0.0740 e. The summed E-state index contributed by atoms with van der Waals surface area (Å²) >= 11 is 5.97. The van der Waals surface area contributed by atoms with Crippen LogP contribution in [0.15, 0.2) is 24.3 Å². The van der Waals surface area contributed by atoms with Crippen LogP contribution < -0.4 is 4.90 Å². The van der Waals surface area contributed by atoms with Gasteiger partial charge in [-0.1, -0.05) is 11.6 Å². The molecule has 0 spiro atoms. The normalized spacial score (nSPS) is 10.8. The summed E-state index contributed by atoms with van der Waals surface area (Å²) in [6.07, 6.45) is 0. The summed E-state index contributed by atoms with van der Waals surface area (Å²) in [6, 6.07) is 7.70. The maximum Gasteiger partial charge on any atom is 0.0740 e. The van der Waals surface area contributed by atoms with Crippen LogP contribution in [0.4, 0.5) is 5.69 Å². The number of aliphatic hydroxyl groups is 1. The molecule has 1 aromatic carbocycles. The van der Waals surface area contributed by atoms with Gasteiger partial charge in [0.15, 0.2) is 0 Å². The van der Waals surface area contributed by atoms with Crippen LogP contribution >= 0.6 is 11.6 Å². The molecule has 4 heteroatoms. The number of nitrogens with zero attached hydrogens (tertiary/aromatic N) is 2. The minimum Gasteiger partial charge on any atom is -0.395 e. The Morgan fingerprint density at radius 3 is 2.82 bits per heavy atom. The molecule has 90 valence electrons. The summed E-state index contributed by atoms with van der Waals surface area (Å²) in [6.45, 7) is 2.69. The Kier molecular flexibility index (Phi) is 3.50. The molecule has 0 saturated heterocycles. The zero-order valence-electron chi connectivity index (χ0n) is 9.94. The summed E-state index contributed by atoms with van der Waals surface area (Å²) in [5.41, 5.74) is 2.90. The highest BCUT2D eigenvalue weighted by Gasteiger charge is 2.08. The van der Waals surface area contributed by atoms with Gasteiger partial charge in [0.25, 0.3) is 0 Å². The summed E-state index contributed by atoms with van der Waals surface area (Å²) in [5.74, 6) is 0. The number of aryl methyl sites for hydroxylation is 1. The fourth-order valence-electron chi connectivity index (χ4n) is 1.90. The first-order chi connectivity index (χ1) is 8.11. The Labute approximate surface area is 106 Å². The van der Waals surface area contributed by atoms with Gasteiger partial charge in [-0.25, -0.2) is 0 Å². The lowest BCUT2D eigenvalue weighted by Crippen LogP contribution is -2.21. The maximum atomic E-state index is 9.01. The van der Waals surface area contributed by atoms with Crippen molar-refractivity contribution in [2.75, 3.05) is 25.1 Å². The standard InChI is InChI=1S/C13H15ClN2O/c1-9-7-13(16(2)5-6-17)11-4-3-10(14)8-12(11)15-9/h3-4,7-8,17H,5-6H2,1-2H3. The van der Waals surface area contributed by atoms with E-state index < -0.39 is 0 Å². The first kappa shape index (κ1) is 12.1. The highest BCUT2D eigenvalue weighted by molar-refractivity contribution is 6.31. The van der Waals surface area contributed by atoms with Crippen molar-refractivity contribution in [3.63, 3.8) is 0 Å². The lowest BCUT2D eigenvalue weighted by Gasteiger charge is -2.20. The Morgan fingerprint density at radius 2 is 2.12 bits per heavy atom. The van der Waals surface area contributed by atoms with E-state index in [4.69, 9.17) is 16.7 Å². The van der Waals surface area contributed by atoms with Gasteiger partial charge in [0.1, 0.15) is 0 Å². The molecule has 0 amide bonds. The minimum atomic E-state index is 0.132. The molecular formula is C13H15ClN2O. The summed E-state index contributed by atoms with van der Waals surface area (Å²) < 4.78 is 0. The van der Waals surface area contributed by atoms with Crippen molar-refractivity contribution in [3.8, 4) is 0 Å². The molecule has 0 aliphatic carbocycles. The quantitative estimate of drug-likeness (QED) is 0.910. The second-order valence-electron chi connectivity index (χ2n) is 4.09. The third-order valence-electron chi connectivity index (χ3n) is 2.72. The van der Waals surface area contributed by atoms with Crippen molar-refractivity contribution >= 4 is 28.2 Å². The number of benzene rings is 1. The van der Waals surface area contributed by atoms with E-state index in [-0.39, 0.29) is 6.61 Å². The topological polar surface area (TPSA) is 36.4 Å². The van der Waals surface area contributed by atoms with Crippen molar-refractivity contribution in [2.45, 2.75) is 6.92 Å². The number of halogens is 1. The largest absolute Gasteiger partial charge is 0.395 e. The molecule has 1 aromatic heterocycles. The number of anilines is 1. The van der Waals surface area contributed by atoms with Gasteiger partial charge in [-0.05, 0) is 31.2 Å². The molecule has 0 unspecified atom stereocenters. The number of hydrogen-bond donors (Lipinski definition) is 1. The van der Waals surface area contributed by atoms with E-state index >= 15 is 0 Å². The number of rotatable bonds is 3. The van der Waals surface area contributed by atoms with Crippen LogP contribution in [-0.2, 0) is 0 Å². The second-order valence-corrected chi connectivity index (χ2v) is 4.53. The SMILES string of the molecule is Cc1cc(N(C)CCO)c2ccc(Cl)cc2n1. The summed E-state index contributed by atoms with van der Waals surface area (Å²) in [5, 5.41) is 10.7. The average Bonchev–Trinajstić information content (AvgIpc) is 2.27. The molecule has 0 aliphatic rings. The fraction of sp³-hybridized carbons (Fsp3) is 0.308. The molecule has 2 rings (SSSR count). The van der Waals surface area contributed by atoms with Crippen molar-refractivity contribution in [3.05, 3.63) is 35.0 Å². The van der Waals surface area contributed by atoms with Crippen molar-refractivity contribution in [1.29, 1.82) is 0 Å². The fourth-order valence-corrected chi connectivity index (χ4v) is 2.06. The first-order valence-electron chi connectivity index (χ1n) is 5.50. The third-order valence-corrected chi connectivity index (χ3v) is 2.96. The maximum absolute atomic E-state index is 9.01. The first-order valence-corrected chi connectivity index (χ1v) is 5.88. The van der Waals surface area contributed by atoms with E-state index in [1.54, 1.807) is 0 Å². The zero-order valence-corrected chi connectivity index (χ0v) is 10.7. The van der Waals surface area contributed by atoms with Gasteiger partial charge in [-0.3, -0.25) is 4.98 Å². The van der Waals surface area contributed by atoms with Crippen LogP contribution in [0.25, 0.3) is 10.9 Å². The van der Waals surface area contributed by atoms with Crippen LogP contribution in [0.1, 0.15) is 5.69 Å².